The second kappa shape index (κ2) is 8.48. The molecule has 0 fully saturated rings. The first-order chi connectivity index (χ1) is 10.5. The van der Waals surface area contributed by atoms with Gasteiger partial charge in [0.05, 0.1) is 11.1 Å². The Morgan fingerprint density at radius 2 is 1.35 bits per heavy atom. The molecule has 0 radical (unpaired) electrons. The van der Waals surface area contributed by atoms with Gasteiger partial charge in [-0.2, -0.15) is 8.42 Å². The fourth-order valence-corrected chi connectivity index (χ4v) is 1.93. The van der Waals surface area contributed by atoms with Gasteiger partial charge >= 0.3 is 34.0 Å². The van der Waals surface area contributed by atoms with E-state index in [9.17, 15) is 27.6 Å². The Morgan fingerprint density at radius 3 is 1.61 bits per heavy atom. The molecule has 0 unspecified atom stereocenters. The summed E-state index contributed by atoms with van der Waals surface area (Å²) in [6.45, 7) is 0.874. The van der Waals surface area contributed by atoms with Crippen LogP contribution in [-0.4, -0.2) is 53.4 Å². The van der Waals surface area contributed by atoms with Crippen molar-refractivity contribution in [1.29, 1.82) is 0 Å². The molecule has 0 atom stereocenters. The van der Waals surface area contributed by atoms with Gasteiger partial charge in [-0.1, -0.05) is 12.1 Å². The maximum Gasteiger partial charge on any atom is 0.336 e. The number of aliphatic carboxylic acids is 1. The SMILES string of the molecule is CC(=O)OS(=O)(=O)CC(=O)O.O=C(O)c1ccccc1C(=O)O. The van der Waals surface area contributed by atoms with Crippen molar-refractivity contribution in [3.05, 3.63) is 35.4 Å². The monoisotopic (exact) mass is 348 g/mol. The lowest BCUT2D eigenvalue weighted by Crippen LogP contribution is -2.19. The van der Waals surface area contributed by atoms with E-state index in [2.05, 4.69) is 4.18 Å². The highest BCUT2D eigenvalue weighted by Gasteiger charge is 2.18. The van der Waals surface area contributed by atoms with Crippen molar-refractivity contribution < 1.29 is 47.1 Å². The topological polar surface area (TPSA) is 172 Å². The van der Waals surface area contributed by atoms with Crippen molar-refractivity contribution in [3.63, 3.8) is 0 Å². The van der Waals surface area contributed by atoms with Crippen LogP contribution in [0.3, 0.4) is 0 Å². The molecule has 0 aromatic heterocycles. The number of rotatable bonds is 5. The van der Waals surface area contributed by atoms with Crippen molar-refractivity contribution in [3.8, 4) is 0 Å². The van der Waals surface area contributed by atoms with E-state index in [1.54, 1.807) is 0 Å². The lowest BCUT2D eigenvalue weighted by molar-refractivity contribution is -0.134. The molecular formula is C12H12O10S. The standard InChI is InChI=1S/C8H6O4.C4H6O6S/c9-7(10)5-3-1-2-4-6(5)8(11)12;1-3(5)10-11(8,9)2-4(6)7/h1-4H,(H,9,10)(H,11,12);2H2,1H3,(H,6,7). The van der Waals surface area contributed by atoms with E-state index in [-0.39, 0.29) is 11.1 Å². The van der Waals surface area contributed by atoms with E-state index < -0.39 is 39.7 Å². The number of carbonyl (C=O) groups excluding carboxylic acids is 1. The van der Waals surface area contributed by atoms with E-state index in [1.807, 2.05) is 0 Å². The van der Waals surface area contributed by atoms with Crippen LogP contribution in [0, 0.1) is 0 Å². The zero-order valence-electron chi connectivity index (χ0n) is 11.6. The molecule has 126 valence electrons. The molecule has 0 aliphatic carbocycles. The third kappa shape index (κ3) is 8.16. The van der Waals surface area contributed by atoms with Crippen molar-refractivity contribution >= 4 is 34.0 Å². The fraction of sp³-hybridized carbons (Fsp3) is 0.167. The van der Waals surface area contributed by atoms with Crippen LogP contribution in [0.1, 0.15) is 27.6 Å². The molecule has 0 saturated heterocycles. The van der Waals surface area contributed by atoms with E-state index >= 15 is 0 Å². The summed E-state index contributed by atoms with van der Waals surface area (Å²) in [5.41, 5.74) is -0.380. The van der Waals surface area contributed by atoms with Gasteiger partial charge in [-0.05, 0) is 12.1 Å². The Balaban J connectivity index is 0.000000423. The van der Waals surface area contributed by atoms with Crippen LogP contribution in [0.5, 0.6) is 0 Å². The molecule has 1 rings (SSSR count). The summed E-state index contributed by atoms with van der Waals surface area (Å²) in [7, 11) is -4.23. The number of carboxylic acid groups (broad SMARTS) is 3. The molecule has 0 heterocycles. The minimum atomic E-state index is -4.23. The molecule has 0 aliphatic rings. The summed E-state index contributed by atoms with van der Waals surface area (Å²) in [5, 5.41) is 25.1. The van der Waals surface area contributed by atoms with Gasteiger partial charge in [0.25, 0.3) is 0 Å². The number of carboxylic acids is 3. The van der Waals surface area contributed by atoms with Gasteiger partial charge in [0.1, 0.15) is 0 Å². The van der Waals surface area contributed by atoms with Crippen molar-refractivity contribution in [2.24, 2.45) is 0 Å². The van der Waals surface area contributed by atoms with E-state index in [0.717, 1.165) is 6.92 Å². The molecule has 0 amide bonds. The number of benzene rings is 1. The van der Waals surface area contributed by atoms with Crippen LogP contribution in [0.4, 0.5) is 0 Å². The van der Waals surface area contributed by atoms with E-state index in [0.29, 0.717) is 0 Å². The highest BCUT2D eigenvalue weighted by atomic mass is 32.2. The maximum atomic E-state index is 10.5. The Kier molecular flexibility index (Phi) is 7.39. The van der Waals surface area contributed by atoms with E-state index in [1.165, 1.54) is 24.3 Å². The lowest BCUT2D eigenvalue weighted by Gasteiger charge is -1.98. The third-order valence-corrected chi connectivity index (χ3v) is 3.02. The summed E-state index contributed by atoms with van der Waals surface area (Å²) in [4.78, 5) is 40.8. The van der Waals surface area contributed by atoms with Gasteiger partial charge in [-0.25, -0.2) is 9.59 Å². The number of aromatic carboxylic acids is 2. The molecule has 23 heavy (non-hydrogen) atoms. The molecule has 11 heteroatoms. The van der Waals surface area contributed by atoms with Crippen molar-refractivity contribution in [2.75, 3.05) is 5.75 Å². The highest BCUT2D eigenvalue weighted by Crippen LogP contribution is 2.07. The van der Waals surface area contributed by atoms with E-state index in [4.69, 9.17) is 15.3 Å². The molecule has 1 aromatic carbocycles. The smallest absolute Gasteiger partial charge is 0.336 e. The van der Waals surface area contributed by atoms with Crippen LogP contribution in [0.15, 0.2) is 24.3 Å². The van der Waals surface area contributed by atoms with Gasteiger partial charge < -0.3 is 19.5 Å². The second-order valence-electron chi connectivity index (χ2n) is 3.83. The maximum absolute atomic E-state index is 10.5. The molecular weight excluding hydrogens is 336 g/mol. The Morgan fingerprint density at radius 1 is 0.957 bits per heavy atom. The normalized spacial score (nSPS) is 9.96. The van der Waals surface area contributed by atoms with Crippen molar-refractivity contribution in [2.45, 2.75) is 6.92 Å². The van der Waals surface area contributed by atoms with Crippen LogP contribution in [-0.2, 0) is 23.9 Å². The minimum Gasteiger partial charge on any atom is -0.480 e. The fourth-order valence-electron chi connectivity index (χ4n) is 1.22. The van der Waals surface area contributed by atoms with Crippen LogP contribution >= 0.6 is 0 Å². The molecule has 0 spiro atoms. The summed E-state index contributed by atoms with van der Waals surface area (Å²) in [5.74, 6) is -6.27. The predicted molar refractivity (Wildman–Crippen MR) is 73.5 cm³/mol. The molecule has 0 saturated carbocycles. The average molecular weight is 348 g/mol. The summed E-state index contributed by atoms with van der Waals surface area (Å²) in [6.07, 6.45) is 0. The van der Waals surface area contributed by atoms with Gasteiger partial charge in [-0.3, -0.25) is 9.59 Å². The summed E-state index contributed by atoms with van der Waals surface area (Å²) in [6, 6.07) is 5.48. The first-order valence-electron chi connectivity index (χ1n) is 5.66. The van der Waals surface area contributed by atoms with Gasteiger partial charge in [0.2, 0.25) is 0 Å². The van der Waals surface area contributed by atoms with Gasteiger partial charge in [0, 0.05) is 6.92 Å². The zero-order chi connectivity index (χ0) is 18.2. The van der Waals surface area contributed by atoms with Gasteiger partial charge in [0.15, 0.2) is 5.75 Å². The van der Waals surface area contributed by atoms with Crippen LogP contribution in [0.25, 0.3) is 0 Å². The lowest BCUT2D eigenvalue weighted by atomic mass is 10.1. The third-order valence-electron chi connectivity index (χ3n) is 1.93. The Bertz CT molecular complexity index is 664. The largest absolute Gasteiger partial charge is 0.480 e. The summed E-state index contributed by atoms with van der Waals surface area (Å²) >= 11 is 0. The number of hydrogen-bond acceptors (Lipinski definition) is 7. The first-order valence-corrected chi connectivity index (χ1v) is 7.24. The molecule has 10 nitrogen and oxygen atoms in total. The van der Waals surface area contributed by atoms with Crippen LogP contribution in [0.2, 0.25) is 0 Å². The Labute approximate surface area is 130 Å². The minimum absolute atomic E-state index is 0.190. The van der Waals surface area contributed by atoms with Gasteiger partial charge in [-0.15, -0.1) is 0 Å². The molecule has 0 bridgehead atoms. The zero-order valence-corrected chi connectivity index (χ0v) is 12.4. The second-order valence-corrected chi connectivity index (χ2v) is 5.40. The van der Waals surface area contributed by atoms with Crippen LogP contribution < -0.4 is 0 Å². The first kappa shape index (κ1) is 20.1. The van der Waals surface area contributed by atoms with Crippen molar-refractivity contribution in [1.82, 2.24) is 0 Å². The molecule has 1 aromatic rings. The average Bonchev–Trinajstić information content (AvgIpc) is 2.35. The molecule has 0 aliphatic heterocycles. The number of carbonyl (C=O) groups is 4. The number of hydrogen-bond donors (Lipinski definition) is 3. The summed E-state index contributed by atoms with van der Waals surface area (Å²) < 4.78 is 24.6. The molecule has 3 N–H and O–H groups in total. The highest BCUT2D eigenvalue weighted by molar-refractivity contribution is 7.87. The quantitative estimate of drug-likeness (QED) is 0.617. The Hall–Kier alpha value is -2.95. The predicted octanol–water partition coefficient (Wildman–Crippen LogP) is 0.0469.